The molecule has 2 nitrogen and oxygen atoms in total. The fourth-order valence-corrected chi connectivity index (χ4v) is 1.40. The molecule has 0 fully saturated rings. The monoisotopic (exact) mass is 220 g/mol. The van der Waals surface area contributed by atoms with E-state index in [0.717, 1.165) is 38.5 Å². The van der Waals surface area contributed by atoms with Crippen LogP contribution >= 0.6 is 11.6 Å². The largest absolute Gasteiger partial charge is 0.446 e. The highest BCUT2D eigenvalue weighted by molar-refractivity contribution is 6.20. The van der Waals surface area contributed by atoms with Gasteiger partial charge in [0.25, 0.3) is 0 Å². The summed E-state index contributed by atoms with van der Waals surface area (Å²) in [5.41, 5.74) is -0.427. The molecule has 0 aliphatic heterocycles. The molecular formula is C11H21ClO2. The van der Waals surface area contributed by atoms with Crippen molar-refractivity contribution in [3.8, 4) is 0 Å². The van der Waals surface area contributed by atoms with Crippen molar-refractivity contribution in [1.29, 1.82) is 0 Å². The van der Waals surface area contributed by atoms with Gasteiger partial charge in [0.2, 0.25) is 0 Å². The second-order valence-corrected chi connectivity index (χ2v) is 3.99. The highest BCUT2D eigenvalue weighted by Gasteiger charge is 2.09. The summed E-state index contributed by atoms with van der Waals surface area (Å²) >= 11 is 5.82. The van der Waals surface area contributed by atoms with E-state index < -0.39 is 5.56 Å². The Morgan fingerprint density at radius 1 is 1.21 bits per heavy atom. The van der Waals surface area contributed by atoms with Crippen LogP contribution in [0.15, 0.2) is 0 Å². The van der Waals surface area contributed by atoms with Crippen molar-refractivity contribution in [3.63, 3.8) is 0 Å². The third-order valence-electron chi connectivity index (χ3n) is 2.03. The first-order valence-corrected chi connectivity index (χ1v) is 5.97. The smallest absolute Gasteiger partial charge is 0.307 e. The number of hydrogen-bond donors (Lipinski definition) is 0. The maximum absolute atomic E-state index is 11.2. The van der Waals surface area contributed by atoms with Gasteiger partial charge >= 0.3 is 5.97 Å². The van der Waals surface area contributed by atoms with Crippen molar-refractivity contribution in [1.82, 2.24) is 0 Å². The minimum absolute atomic E-state index is 0.158. The molecule has 0 aromatic rings. The second kappa shape index (κ2) is 9.32. The molecular weight excluding hydrogens is 200 g/mol. The number of hydrogen-bond acceptors (Lipinski definition) is 2. The predicted octanol–water partition coefficient (Wildman–Crippen LogP) is 3.87. The van der Waals surface area contributed by atoms with E-state index in [0.29, 0.717) is 6.42 Å². The zero-order valence-corrected chi connectivity index (χ0v) is 9.98. The van der Waals surface area contributed by atoms with Gasteiger partial charge < -0.3 is 4.74 Å². The average Bonchev–Trinajstić information content (AvgIpc) is 2.15. The van der Waals surface area contributed by atoms with Crippen LogP contribution in [0.5, 0.6) is 0 Å². The van der Waals surface area contributed by atoms with E-state index in [1.54, 1.807) is 0 Å². The van der Waals surface area contributed by atoms with Gasteiger partial charge in [-0.2, -0.15) is 0 Å². The molecule has 3 heteroatoms. The van der Waals surface area contributed by atoms with Crippen molar-refractivity contribution in [2.75, 3.05) is 0 Å². The van der Waals surface area contributed by atoms with Crippen LogP contribution in [-0.4, -0.2) is 11.5 Å². The molecule has 0 saturated heterocycles. The maximum atomic E-state index is 11.2. The molecule has 0 spiro atoms. The lowest BCUT2D eigenvalue weighted by molar-refractivity contribution is -0.145. The standard InChI is InChI=1S/C11H21ClO2/c1-3-5-7-9-11(13)14-10(12)8-6-4-2/h10H,3-9H2,1-2H3. The summed E-state index contributed by atoms with van der Waals surface area (Å²) in [7, 11) is 0. The van der Waals surface area contributed by atoms with Crippen molar-refractivity contribution < 1.29 is 9.53 Å². The molecule has 0 N–H and O–H groups in total. The number of rotatable bonds is 8. The average molecular weight is 221 g/mol. The van der Waals surface area contributed by atoms with Crippen LogP contribution in [0, 0.1) is 0 Å². The summed E-state index contributed by atoms with van der Waals surface area (Å²) in [6.07, 6.45) is 6.46. The van der Waals surface area contributed by atoms with E-state index >= 15 is 0 Å². The molecule has 0 aliphatic rings. The van der Waals surface area contributed by atoms with Gasteiger partial charge in [-0.25, -0.2) is 0 Å². The van der Waals surface area contributed by atoms with Gasteiger partial charge in [0.15, 0.2) is 5.56 Å². The lowest BCUT2D eigenvalue weighted by atomic mass is 10.2. The summed E-state index contributed by atoms with van der Waals surface area (Å²) < 4.78 is 5.03. The summed E-state index contributed by atoms with van der Waals surface area (Å²) in [4.78, 5) is 11.2. The highest BCUT2D eigenvalue weighted by atomic mass is 35.5. The molecule has 0 aromatic heterocycles. The Labute approximate surface area is 92.0 Å². The quantitative estimate of drug-likeness (QED) is 0.353. The van der Waals surface area contributed by atoms with Gasteiger partial charge in [0.05, 0.1) is 0 Å². The fraction of sp³-hybridized carbons (Fsp3) is 0.909. The lowest BCUT2D eigenvalue weighted by Gasteiger charge is -2.10. The highest BCUT2D eigenvalue weighted by Crippen LogP contribution is 2.11. The van der Waals surface area contributed by atoms with Crippen molar-refractivity contribution >= 4 is 17.6 Å². The SMILES string of the molecule is CCCCCC(=O)OC(Cl)CCCC. The lowest BCUT2D eigenvalue weighted by Crippen LogP contribution is -2.12. The van der Waals surface area contributed by atoms with Crippen LogP contribution in [0.3, 0.4) is 0 Å². The number of unbranched alkanes of at least 4 members (excludes halogenated alkanes) is 3. The number of carbonyl (C=O) groups excluding carboxylic acids is 1. The summed E-state index contributed by atoms with van der Waals surface area (Å²) in [5, 5.41) is 0. The Morgan fingerprint density at radius 2 is 1.86 bits per heavy atom. The molecule has 1 atom stereocenters. The molecule has 0 radical (unpaired) electrons. The van der Waals surface area contributed by atoms with Crippen LogP contribution in [0.25, 0.3) is 0 Å². The summed E-state index contributed by atoms with van der Waals surface area (Å²) in [6.45, 7) is 4.20. The Morgan fingerprint density at radius 3 is 2.43 bits per heavy atom. The maximum Gasteiger partial charge on any atom is 0.307 e. The first kappa shape index (κ1) is 13.8. The van der Waals surface area contributed by atoms with Gasteiger partial charge in [0, 0.05) is 6.42 Å². The Hall–Kier alpha value is -0.240. The Bertz CT molecular complexity index is 148. The fourth-order valence-electron chi connectivity index (χ4n) is 1.14. The molecule has 14 heavy (non-hydrogen) atoms. The first-order valence-electron chi connectivity index (χ1n) is 5.54. The molecule has 0 rings (SSSR count). The van der Waals surface area contributed by atoms with Gasteiger partial charge in [-0.1, -0.05) is 44.7 Å². The third-order valence-corrected chi connectivity index (χ3v) is 2.34. The van der Waals surface area contributed by atoms with E-state index in [1.807, 2.05) is 0 Å². The molecule has 1 unspecified atom stereocenters. The van der Waals surface area contributed by atoms with Gasteiger partial charge in [-0.3, -0.25) is 4.79 Å². The minimum atomic E-state index is -0.427. The van der Waals surface area contributed by atoms with Crippen molar-refractivity contribution in [3.05, 3.63) is 0 Å². The number of ether oxygens (including phenoxy) is 1. The number of alkyl halides is 1. The summed E-state index contributed by atoms with van der Waals surface area (Å²) in [6, 6.07) is 0. The van der Waals surface area contributed by atoms with Gasteiger partial charge in [-0.05, 0) is 19.3 Å². The molecule has 0 heterocycles. The zero-order chi connectivity index (χ0) is 10.8. The van der Waals surface area contributed by atoms with Crippen LogP contribution < -0.4 is 0 Å². The first-order chi connectivity index (χ1) is 6.70. The van der Waals surface area contributed by atoms with Crippen LogP contribution in [0.4, 0.5) is 0 Å². The summed E-state index contributed by atoms with van der Waals surface area (Å²) in [5.74, 6) is -0.158. The Kier molecular flexibility index (Phi) is 9.16. The van der Waals surface area contributed by atoms with E-state index in [2.05, 4.69) is 13.8 Å². The molecule has 0 amide bonds. The van der Waals surface area contributed by atoms with E-state index in [1.165, 1.54) is 0 Å². The van der Waals surface area contributed by atoms with Crippen LogP contribution in [0.1, 0.15) is 58.8 Å². The van der Waals surface area contributed by atoms with Gasteiger partial charge in [-0.15, -0.1) is 0 Å². The minimum Gasteiger partial charge on any atom is -0.446 e. The molecule has 0 aliphatic carbocycles. The van der Waals surface area contributed by atoms with Crippen LogP contribution in [0.2, 0.25) is 0 Å². The second-order valence-electron chi connectivity index (χ2n) is 3.50. The number of halogens is 1. The predicted molar refractivity (Wildman–Crippen MR) is 59.4 cm³/mol. The van der Waals surface area contributed by atoms with Crippen LogP contribution in [-0.2, 0) is 9.53 Å². The Balaban J connectivity index is 3.40. The number of esters is 1. The molecule has 0 aromatic carbocycles. The molecule has 0 saturated carbocycles. The van der Waals surface area contributed by atoms with Gasteiger partial charge in [0.1, 0.15) is 0 Å². The third kappa shape index (κ3) is 8.36. The zero-order valence-electron chi connectivity index (χ0n) is 9.22. The number of carbonyl (C=O) groups is 1. The van der Waals surface area contributed by atoms with E-state index in [4.69, 9.17) is 16.3 Å². The topological polar surface area (TPSA) is 26.3 Å². The van der Waals surface area contributed by atoms with E-state index in [9.17, 15) is 4.79 Å². The van der Waals surface area contributed by atoms with Crippen molar-refractivity contribution in [2.24, 2.45) is 0 Å². The molecule has 84 valence electrons. The van der Waals surface area contributed by atoms with Crippen molar-refractivity contribution in [2.45, 2.75) is 64.4 Å². The molecule has 0 bridgehead atoms. The van der Waals surface area contributed by atoms with E-state index in [-0.39, 0.29) is 5.97 Å². The normalized spacial score (nSPS) is 12.5.